The normalized spacial score (nSPS) is 13.6. The van der Waals surface area contributed by atoms with E-state index in [0.29, 0.717) is 25.7 Å². The third-order valence-electron chi connectivity index (χ3n) is 18.9. The van der Waals surface area contributed by atoms with Gasteiger partial charge in [0.25, 0.3) is 10.1 Å². The fourth-order valence-electron chi connectivity index (χ4n) is 13.1. The minimum atomic E-state index is -5.26. The van der Waals surface area contributed by atoms with Crippen molar-refractivity contribution in [1.29, 1.82) is 0 Å². The van der Waals surface area contributed by atoms with Crippen molar-refractivity contribution in [3.05, 3.63) is 71.8 Å². The summed E-state index contributed by atoms with van der Waals surface area (Å²) in [7, 11) is -5.26. The summed E-state index contributed by atoms with van der Waals surface area (Å²) in [4.78, 5) is 24.0. The van der Waals surface area contributed by atoms with E-state index in [1.165, 1.54) is 191 Å². The Labute approximate surface area is 540 Å². The zero-order valence-corrected chi connectivity index (χ0v) is 58.2. The summed E-state index contributed by atoms with van der Waals surface area (Å²) in [6.07, 6.45) is 43.3. The first kappa shape index (κ1) is 85.0. The molecule has 14 heteroatoms. The van der Waals surface area contributed by atoms with E-state index in [0.717, 1.165) is 87.0 Å². The quantitative estimate of drug-likeness (QED) is 0.0239. The lowest BCUT2D eigenvalue weighted by Crippen LogP contribution is -2.63. The van der Waals surface area contributed by atoms with E-state index in [9.17, 15) is 53.2 Å². The molecule has 0 saturated heterocycles. The van der Waals surface area contributed by atoms with Gasteiger partial charge in [-0.2, -0.15) is 8.42 Å². The van der Waals surface area contributed by atoms with Gasteiger partial charge in [0.1, 0.15) is 44.0 Å². The Morgan fingerprint density at radius 2 is 0.705 bits per heavy atom. The van der Waals surface area contributed by atoms with Crippen LogP contribution in [-0.4, -0.2) is 125 Å². The predicted molar refractivity (Wildman–Crippen MR) is 363 cm³/mol. The smallest absolute Gasteiger partial charge is 0.276 e. The molecule has 2 rings (SSSR count). The highest BCUT2D eigenvalue weighted by molar-refractivity contribution is 7.88. The first-order chi connectivity index (χ1) is 42.5. The van der Waals surface area contributed by atoms with Crippen LogP contribution in [0.4, 0.5) is 0 Å². The van der Waals surface area contributed by atoms with Gasteiger partial charge in [-0.05, 0) is 50.4 Å². The number of aliphatic hydroxyl groups excluding tert-OH is 4. The van der Waals surface area contributed by atoms with Gasteiger partial charge in [0.2, 0.25) is 0 Å². The molecule has 0 bridgehead atoms. The molecular weight excluding hydrogens is 1120 g/mol. The molecule has 0 amide bonds. The van der Waals surface area contributed by atoms with Crippen LogP contribution in [0.25, 0.3) is 0 Å². The fraction of sp³-hybridized carbons (Fsp3) is 0.811. The lowest BCUT2D eigenvalue weighted by molar-refractivity contribution is -0.941. The van der Waals surface area contributed by atoms with Crippen molar-refractivity contribution in [1.82, 2.24) is 0 Å². The van der Waals surface area contributed by atoms with Gasteiger partial charge >= 0.3 is 0 Å². The summed E-state index contributed by atoms with van der Waals surface area (Å²) in [5, 5.41) is 62.5. The molecule has 13 nitrogen and oxygen atoms in total. The van der Waals surface area contributed by atoms with Crippen LogP contribution in [0.5, 0.6) is 0 Å². The molecule has 0 saturated carbocycles. The fourth-order valence-corrected chi connectivity index (χ4v) is 14.3. The van der Waals surface area contributed by atoms with E-state index >= 15 is 0 Å². The molecule has 514 valence electrons. The van der Waals surface area contributed by atoms with Crippen LogP contribution >= 0.6 is 0 Å². The minimum absolute atomic E-state index is 0.181. The molecule has 0 radical (unpaired) electrons. The molecule has 0 aromatic heterocycles. The molecule has 4 atom stereocenters. The van der Waals surface area contributed by atoms with Crippen LogP contribution in [0.2, 0.25) is 0 Å². The molecular formula is C74H136N2O11S. The maximum atomic E-state index is 12.3. The van der Waals surface area contributed by atoms with Gasteiger partial charge in [0.15, 0.2) is 0 Å². The Kier molecular flexibility index (Phi) is 53.8. The molecule has 5 N–H and O–H groups in total. The third-order valence-corrected chi connectivity index (χ3v) is 20.4. The molecule has 0 fully saturated rings. The number of nitrogens with zero attached hydrogens (tertiary/aromatic N) is 2. The van der Waals surface area contributed by atoms with Gasteiger partial charge in [0.05, 0.1) is 45.5 Å². The van der Waals surface area contributed by atoms with E-state index in [1.54, 1.807) is 6.92 Å². The molecule has 0 aliphatic rings. The topological polar surface area (TPSA) is 216 Å². The van der Waals surface area contributed by atoms with Crippen molar-refractivity contribution in [3.8, 4) is 0 Å². The largest absolute Gasteiger partial charge is 0.550 e. The van der Waals surface area contributed by atoms with E-state index < -0.39 is 39.1 Å². The van der Waals surface area contributed by atoms with Gasteiger partial charge < -0.3 is 49.2 Å². The number of aliphatic hydroxyl groups is 4. The SMILES string of the molecule is CCCCC(CC)CC(C(=O)[O-])C(CC(CC)CCCC)(C(=O)[O-])S(=O)(=O)O.CCCCCCCCCCCCCCCC[N+](CCO)(CCO)Cc1ccccc1.CCCCCCCCCCCCCCCC[N+](CCO)(CCO)Cc1ccccc1. The van der Waals surface area contributed by atoms with Crippen molar-refractivity contribution in [2.45, 2.75) is 303 Å². The predicted octanol–water partition coefficient (Wildman–Crippen LogP) is 14.9. The monoisotopic (exact) mass is 1260 g/mol. The van der Waals surface area contributed by atoms with E-state index in [4.69, 9.17) is 0 Å². The summed E-state index contributed by atoms with van der Waals surface area (Å²) in [6, 6.07) is 21.0. The van der Waals surface area contributed by atoms with Gasteiger partial charge in [-0.1, -0.05) is 308 Å². The van der Waals surface area contributed by atoms with Crippen LogP contribution in [0, 0.1) is 17.8 Å². The highest BCUT2D eigenvalue weighted by Gasteiger charge is 2.53. The second-order valence-electron chi connectivity index (χ2n) is 26.2. The number of quaternary nitrogens is 2. The van der Waals surface area contributed by atoms with Gasteiger partial charge in [0, 0.05) is 23.0 Å². The number of carboxylic acid groups (broad SMARTS) is 2. The average Bonchev–Trinajstić information content (AvgIpc) is 1.51. The summed E-state index contributed by atoms with van der Waals surface area (Å²) in [5.74, 6) is -6.26. The number of hydrogen-bond acceptors (Lipinski definition) is 10. The van der Waals surface area contributed by atoms with Crippen LogP contribution in [0.3, 0.4) is 0 Å². The van der Waals surface area contributed by atoms with E-state index in [-0.39, 0.29) is 44.7 Å². The summed E-state index contributed by atoms with van der Waals surface area (Å²) in [6.45, 7) is 19.7. The van der Waals surface area contributed by atoms with Crippen molar-refractivity contribution in [2.75, 3.05) is 65.7 Å². The number of carboxylic acids is 2. The Morgan fingerprint density at radius 1 is 0.420 bits per heavy atom. The summed E-state index contributed by atoms with van der Waals surface area (Å²) < 4.78 is 33.2. The van der Waals surface area contributed by atoms with Crippen LogP contribution in [0.15, 0.2) is 60.7 Å². The maximum Gasteiger partial charge on any atom is 0.276 e. The zero-order valence-electron chi connectivity index (χ0n) is 57.3. The Bertz CT molecular complexity index is 1890. The van der Waals surface area contributed by atoms with Crippen molar-refractivity contribution < 1.29 is 62.2 Å². The van der Waals surface area contributed by atoms with E-state index in [2.05, 4.69) is 62.4 Å². The summed E-state index contributed by atoms with van der Waals surface area (Å²) in [5.41, 5.74) is 2.59. The number of unbranched alkanes of at least 4 members (excludes halogenated alkanes) is 28. The molecule has 2 aromatic rings. The number of carbonyl (C=O) groups is 2. The number of aliphatic carboxylic acids is 2. The third kappa shape index (κ3) is 39.4. The molecule has 2 aromatic carbocycles. The molecule has 0 spiro atoms. The molecule has 0 aliphatic heterocycles. The highest BCUT2D eigenvalue weighted by Crippen LogP contribution is 2.40. The van der Waals surface area contributed by atoms with Gasteiger partial charge in [-0.15, -0.1) is 0 Å². The minimum Gasteiger partial charge on any atom is -0.550 e. The maximum absolute atomic E-state index is 12.3. The number of hydrogen-bond donors (Lipinski definition) is 5. The second kappa shape index (κ2) is 55.7. The van der Waals surface area contributed by atoms with Gasteiger partial charge in [-0.3, -0.25) is 4.55 Å². The Morgan fingerprint density at radius 3 is 0.955 bits per heavy atom. The second-order valence-corrected chi connectivity index (χ2v) is 27.9. The van der Waals surface area contributed by atoms with E-state index in [1.807, 2.05) is 32.9 Å². The number of benzene rings is 2. The van der Waals surface area contributed by atoms with Gasteiger partial charge in [-0.25, -0.2) is 0 Å². The lowest BCUT2D eigenvalue weighted by Gasteiger charge is -2.42. The highest BCUT2D eigenvalue weighted by atomic mass is 32.2. The number of rotatable bonds is 58. The molecule has 88 heavy (non-hydrogen) atoms. The first-order valence-electron chi connectivity index (χ1n) is 36.1. The van der Waals surface area contributed by atoms with Crippen molar-refractivity contribution in [2.24, 2.45) is 17.8 Å². The standard InChI is InChI=1S/2C27H50NO2.C20H38O7S/c2*1-2-3-4-5-6-7-8-9-10-11-12-13-14-18-21-28(22-24-29,23-25-30)26-27-19-16-15-17-20-27;1-5-9-11-15(7-3)13-17(18(21)22)20(19(23)24,28(25,26)27)14-16(8-4)12-10-6-2/h2*15-17,19-20,29-30H,2-14,18,21-26H2,1H3;15-17H,5-14H2,1-4H3,(H,21,22)(H,23,24)(H,25,26,27)/q2*+1;/p-2. The Hall–Kier alpha value is -2.95. The summed E-state index contributed by atoms with van der Waals surface area (Å²) >= 11 is 0. The Balaban J connectivity index is 0.00000129. The van der Waals surface area contributed by atoms with Crippen molar-refractivity contribution in [3.63, 3.8) is 0 Å². The van der Waals surface area contributed by atoms with Crippen LogP contribution in [-0.2, 0) is 32.8 Å². The van der Waals surface area contributed by atoms with Crippen molar-refractivity contribution >= 4 is 22.1 Å². The van der Waals surface area contributed by atoms with Crippen LogP contribution < -0.4 is 10.2 Å². The molecule has 0 aliphatic carbocycles. The number of carbonyl (C=O) groups excluding carboxylic acids is 2. The van der Waals surface area contributed by atoms with Crippen LogP contribution in [0.1, 0.15) is 297 Å². The molecule has 0 heterocycles. The first-order valence-corrected chi connectivity index (χ1v) is 37.6. The lowest BCUT2D eigenvalue weighted by atomic mass is 9.76. The average molecular weight is 1260 g/mol. The molecule has 4 unspecified atom stereocenters. The zero-order chi connectivity index (χ0) is 65.5.